The van der Waals surface area contributed by atoms with Crippen molar-refractivity contribution in [3.8, 4) is 0 Å². The second-order valence-electron chi connectivity index (χ2n) is 4.79. The van der Waals surface area contributed by atoms with E-state index < -0.39 is 4.92 Å². The Balaban J connectivity index is 2.66. The molecule has 0 amide bonds. The molecular formula is C14H17N3O3. The molecule has 0 aliphatic carbocycles. The number of aliphatic hydroxyl groups excluding tert-OH is 1. The molecular weight excluding hydrogens is 258 g/mol. The van der Waals surface area contributed by atoms with Gasteiger partial charge in [0.1, 0.15) is 0 Å². The molecule has 0 unspecified atom stereocenters. The van der Waals surface area contributed by atoms with Crippen LogP contribution >= 0.6 is 0 Å². The molecule has 0 aliphatic heterocycles. The van der Waals surface area contributed by atoms with E-state index in [2.05, 4.69) is 4.98 Å². The highest BCUT2D eigenvalue weighted by Gasteiger charge is 2.18. The summed E-state index contributed by atoms with van der Waals surface area (Å²) >= 11 is 0. The first-order valence-corrected chi connectivity index (χ1v) is 6.45. The first-order valence-electron chi connectivity index (χ1n) is 6.45. The molecule has 1 aromatic heterocycles. The third-order valence-electron chi connectivity index (χ3n) is 3.24. The van der Waals surface area contributed by atoms with E-state index in [1.54, 1.807) is 18.3 Å². The molecule has 0 bridgehead atoms. The Kier molecular flexibility index (Phi) is 4.14. The highest BCUT2D eigenvalue weighted by Crippen LogP contribution is 2.33. The van der Waals surface area contributed by atoms with Gasteiger partial charge in [0, 0.05) is 42.1 Å². The first-order chi connectivity index (χ1) is 9.56. The van der Waals surface area contributed by atoms with Crippen molar-refractivity contribution in [1.82, 2.24) is 4.98 Å². The number of hydrogen-bond acceptors (Lipinski definition) is 5. The number of aliphatic hydroxyl groups is 1. The molecule has 0 atom stereocenters. The summed E-state index contributed by atoms with van der Waals surface area (Å²) < 4.78 is 0. The highest BCUT2D eigenvalue weighted by atomic mass is 16.6. The molecule has 20 heavy (non-hydrogen) atoms. The average molecular weight is 275 g/mol. The van der Waals surface area contributed by atoms with Gasteiger partial charge in [-0.2, -0.15) is 0 Å². The third kappa shape index (κ3) is 2.55. The fraction of sp³-hybridized carbons (Fsp3) is 0.357. The topological polar surface area (TPSA) is 79.5 Å². The van der Waals surface area contributed by atoms with Crippen molar-refractivity contribution < 1.29 is 10.0 Å². The monoisotopic (exact) mass is 275 g/mol. The van der Waals surface area contributed by atoms with Crippen LogP contribution in [0.5, 0.6) is 0 Å². The minimum Gasteiger partial charge on any atom is -0.395 e. The van der Waals surface area contributed by atoms with Crippen molar-refractivity contribution in [2.75, 3.05) is 18.1 Å². The summed E-state index contributed by atoms with van der Waals surface area (Å²) in [7, 11) is 0. The third-order valence-corrected chi connectivity index (χ3v) is 3.24. The molecule has 6 heteroatoms. The number of nitro groups is 1. The molecule has 0 aliphatic rings. The van der Waals surface area contributed by atoms with Crippen LogP contribution in [0.3, 0.4) is 0 Å². The van der Waals surface area contributed by atoms with E-state index in [9.17, 15) is 15.2 Å². The Bertz CT molecular complexity index is 628. The van der Waals surface area contributed by atoms with E-state index in [1.807, 2.05) is 18.7 Å². The molecule has 0 fully saturated rings. The minimum absolute atomic E-state index is 0.0295. The predicted molar refractivity (Wildman–Crippen MR) is 78.0 cm³/mol. The van der Waals surface area contributed by atoms with Crippen LogP contribution < -0.4 is 4.90 Å². The number of nitrogens with zero attached hydrogens (tertiary/aromatic N) is 3. The number of nitro benzene ring substituents is 1. The van der Waals surface area contributed by atoms with Crippen LogP contribution in [0.25, 0.3) is 10.8 Å². The van der Waals surface area contributed by atoms with Crippen LogP contribution in [-0.4, -0.2) is 34.2 Å². The molecule has 1 heterocycles. The van der Waals surface area contributed by atoms with Gasteiger partial charge in [0.2, 0.25) is 0 Å². The zero-order chi connectivity index (χ0) is 14.7. The minimum atomic E-state index is -0.403. The summed E-state index contributed by atoms with van der Waals surface area (Å²) in [6.45, 7) is 4.54. The number of fused-ring (bicyclic) bond motifs is 1. The number of benzene rings is 1. The molecule has 0 radical (unpaired) electrons. The summed E-state index contributed by atoms with van der Waals surface area (Å²) in [6, 6.07) is 5.17. The Morgan fingerprint density at radius 2 is 2.10 bits per heavy atom. The van der Waals surface area contributed by atoms with Crippen LogP contribution in [0.15, 0.2) is 30.6 Å². The van der Waals surface area contributed by atoms with Crippen LogP contribution in [0, 0.1) is 10.1 Å². The standard InChI is InChI=1S/C14H17N3O3/c1-10(2)16(7-8-18)13-3-4-14(17(19)20)12-9-15-6-5-11(12)13/h3-6,9-10,18H,7-8H2,1-2H3. The molecule has 1 aromatic carbocycles. The number of rotatable bonds is 5. The lowest BCUT2D eigenvalue weighted by molar-refractivity contribution is -0.383. The molecule has 106 valence electrons. The second-order valence-corrected chi connectivity index (χ2v) is 4.79. The van der Waals surface area contributed by atoms with Crippen molar-refractivity contribution in [3.63, 3.8) is 0 Å². The molecule has 0 spiro atoms. The molecule has 2 aromatic rings. The lowest BCUT2D eigenvalue weighted by atomic mass is 10.1. The average Bonchev–Trinajstić information content (AvgIpc) is 2.43. The van der Waals surface area contributed by atoms with Crippen molar-refractivity contribution in [1.29, 1.82) is 0 Å². The van der Waals surface area contributed by atoms with E-state index in [1.165, 1.54) is 12.3 Å². The molecule has 0 saturated carbocycles. The van der Waals surface area contributed by atoms with E-state index in [4.69, 9.17) is 0 Å². The Hall–Kier alpha value is -2.21. The van der Waals surface area contributed by atoms with Gasteiger partial charge in [0.25, 0.3) is 5.69 Å². The summed E-state index contributed by atoms with van der Waals surface area (Å²) in [6.07, 6.45) is 3.13. The largest absolute Gasteiger partial charge is 0.395 e. The van der Waals surface area contributed by atoms with Crippen LogP contribution in [0.4, 0.5) is 11.4 Å². The van der Waals surface area contributed by atoms with E-state index >= 15 is 0 Å². The zero-order valence-corrected chi connectivity index (χ0v) is 11.5. The van der Waals surface area contributed by atoms with E-state index in [0.29, 0.717) is 11.9 Å². The van der Waals surface area contributed by atoms with Crippen LogP contribution in [0.1, 0.15) is 13.8 Å². The van der Waals surface area contributed by atoms with Gasteiger partial charge in [-0.25, -0.2) is 0 Å². The SMILES string of the molecule is CC(C)N(CCO)c1ccc([N+](=O)[O-])c2cnccc12. The van der Waals surface area contributed by atoms with Crippen molar-refractivity contribution in [2.24, 2.45) is 0 Å². The number of anilines is 1. The Morgan fingerprint density at radius 1 is 1.35 bits per heavy atom. The van der Waals surface area contributed by atoms with Gasteiger partial charge in [-0.3, -0.25) is 15.1 Å². The first kappa shape index (κ1) is 14.2. The summed E-state index contributed by atoms with van der Waals surface area (Å²) in [5, 5.41) is 21.6. The quantitative estimate of drug-likeness (QED) is 0.669. The summed E-state index contributed by atoms with van der Waals surface area (Å²) in [4.78, 5) is 16.7. The molecule has 1 N–H and O–H groups in total. The lowest BCUT2D eigenvalue weighted by Gasteiger charge is -2.29. The fourth-order valence-electron chi connectivity index (χ4n) is 2.33. The maximum Gasteiger partial charge on any atom is 0.278 e. The highest BCUT2D eigenvalue weighted by molar-refractivity contribution is 5.99. The molecule has 2 rings (SSSR count). The van der Waals surface area contributed by atoms with Gasteiger partial charge in [-0.1, -0.05) is 0 Å². The number of non-ortho nitro benzene ring substituents is 1. The number of hydrogen-bond donors (Lipinski definition) is 1. The van der Waals surface area contributed by atoms with Crippen LogP contribution in [0.2, 0.25) is 0 Å². The maximum absolute atomic E-state index is 11.1. The second kappa shape index (κ2) is 5.83. The Labute approximate surface area is 116 Å². The fourth-order valence-corrected chi connectivity index (χ4v) is 2.33. The Morgan fingerprint density at radius 3 is 2.70 bits per heavy atom. The van der Waals surface area contributed by atoms with Gasteiger partial charge >= 0.3 is 0 Å². The summed E-state index contributed by atoms with van der Waals surface area (Å²) in [5.41, 5.74) is 0.918. The van der Waals surface area contributed by atoms with Crippen LogP contribution in [-0.2, 0) is 0 Å². The smallest absolute Gasteiger partial charge is 0.278 e. The number of aromatic nitrogens is 1. The van der Waals surface area contributed by atoms with Crippen molar-refractivity contribution >= 4 is 22.1 Å². The normalized spacial score (nSPS) is 11.0. The van der Waals surface area contributed by atoms with E-state index in [-0.39, 0.29) is 18.3 Å². The van der Waals surface area contributed by atoms with Gasteiger partial charge < -0.3 is 10.0 Å². The van der Waals surface area contributed by atoms with Crippen molar-refractivity contribution in [2.45, 2.75) is 19.9 Å². The van der Waals surface area contributed by atoms with Gasteiger partial charge in [-0.05, 0) is 26.0 Å². The van der Waals surface area contributed by atoms with Crippen molar-refractivity contribution in [3.05, 3.63) is 40.7 Å². The van der Waals surface area contributed by atoms with Gasteiger partial charge in [0.05, 0.1) is 16.9 Å². The predicted octanol–water partition coefficient (Wildman–Crippen LogP) is 2.35. The molecule has 0 saturated heterocycles. The zero-order valence-electron chi connectivity index (χ0n) is 11.5. The molecule has 6 nitrogen and oxygen atoms in total. The summed E-state index contributed by atoms with van der Waals surface area (Å²) in [5.74, 6) is 0. The van der Waals surface area contributed by atoms with Gasteiger partial charge in [0.15, 0.2) is 0 Å². The maximum atomic E-state index is 11.1. The van der Waals surface area contributed by atoms with E-state index in [0.717, 1.165) is 11.1 Å². The lowest BCUT2D eigenvalue weighted by Crippen LogP contribution is -2.33. The number of pyridine rings is 1. The van der Waals surface area contributed by atoms with Gasteiger partial charge in [-0.15, -0.1) is 0 Å².